The van der Waals surface area contributed by atoms with E-state index >= 15 is 0 Å². The molecule has 0 saturated heterocycles. The van der Waals surface area contributed by atoms with Gasteiger partial charge in [0.2, 0.25) is 0 Å². The van der Waals surface area contributed by atoms with Crippen LogP contribution in [0.3, 0.4) is 0 Å². The quantitative estimate of drug-likeness (QED) is 0.520. The summed E-state index contributed by atoms with van der Waals surface area (Å²) in [5, 5.41) is 0. The Kier molecular flexibility index (Phi) is 5.26. The third-order valence-corrected chi connectivity index (χ3v) is 5.10. The zero-order valence-electron chi connectivity index (χ0n) is 10.2. The van der Waals surface area contributed by atoms with Crippen LogP contribution in [0.2, 0.25) is 19.1 Å². The van der Waals surface area contributed by atoms with Crippen molar-refractivity contribution in [3.63, 3.8) is 0 Å². The minimum Gasteiger partial charge on any atom is -0.420 e. The summed E-state index contributed by atoms with van der Waals surface area (Å²) in [5.41, 5.74) is 0. The molecule has 0 radical (unpaired) electrons. The van der Waals surface area contributed by atoms with Gasteiger partial charge in [-0.1, -0.05) is 0 Å². The summed E-state index contributed by atoms with van der Waals surface area (Å²) < 4.78 is 91.6. The van der Waals surface area contributed by atoms with Crippen LogP contribution in [0, 0.1) is 0 Å². The van der Waals surface area contributed by atoms with Gasteiger partial charge in [0.15, 0.2) is 8.32 Å². The summed E-state index contributed by atoms with van der Waals surface area (Å²) in [5.74, 6) is -9.45. The minimum absolute atomic E-state index is 0.190. The second-order valence-corrected chi connectivity index (χ2v) is 9.13. The summed E-state index contributed by atoms with van der Waals surface area (Å²) in [4.78, 5) is 0. The summed E-state index contributed by atoms with van der Waals surface area (Å²) in [7, 11) is -1.11. The van der Waals surface area contributed by atoms with Gasteiger partial charge in [-0.3, -0.25) is 0 Å². The van der Waals surface area contributed by atoms with Gasteiger partial charge in [0, 0.05) is 13.5 Å². The van der Waals surface area contributed by atoms with E-state index in [0.717, 1.165) is 0 Å². The molecule has 110 valence electrons. The van der Waals surface area contributed by atoms with Crippen LogP contribution in [-0.2, 0) is 4.43 Å². The molecule has 0 rings (SSSR count). The Balaban J connectivity index is 4.58. The van der Waals surface area contributed by atoms with Gasteiger partial charge in [-0.2, -0.15) is 22.0 Å². The first-order valence-electron chi connectivity index (χ1n) is 5.10. The van der Waals surface area contributed by atoms with E-state index in [2.05, 4.69) is 0 Å². The molecule has 0 aromatic carbocycles. The summed E-state index contributed by atoms with van der Waals surface area (Å²) in [6.07, 6.45) is -9.51. The zero-order valence-corrected chi connectivity index (χ0v) is 11.2. The maximum atomic E-state index is 13.1. The van der Waals surface area contributed by atoms with Crippen LogP contribution >= 0.6 is 0 Å². The Bertz CT molecular complexity index is 275. The third kappa shape index (κ3) is 5.55. The van der Waals surface area contributed by atoms with Gasteiger partial charge in [-0.05, 0) is 19.1 Å². The van der Waals surface area contributed by atoms with Crippen molar-refractivity contribution < 1.29 is 35.2 Å². The molecule has 0 bridgehead atoms. The van der Waals surface area contributed by atoms with Gasteiger partial charge in [-0.25, -0.2) is 8.78 Å². The topological polar surface area (TPSA) is 9.23 Å². The molecule has 1 nitrogen and oxygen atoms in total. The molecule has 0 saturated carbocycles. The van der Waals surface area contributed by atoms with Crippen molar-refractivity contribution in [1.82, 2.24) is 0 Å². The van der Waals surface area contributed by atoms with Crippen molar-refractivity contribution in [1.29, 1.82) is 0 Å². The predicted octanol–water partition coefficient (Wildman–Crippen LogP) is 4.45. The van der Waals surface area contributed by atoms with Gasteiger partial charge in [-0.15, -0.1) is 0 Å². The molecule has 0 amide bonds. The van der Waals surface area contributed by atoms with Crippen LogP contribution in [-0.4, -0.2) is 33.4 Å². The first-order valence-corrected chi connectivity index (χ1v) is 8.21. The fraction of sp³-hybridized carbons (Fsp3) is 1.00. The first-order chi connectivity index (χ1) is 7.72. The zero-order chi connectivity index (χ0) is 14.8. The molecule has 0 atom stereocenters. The van der Waals surface area contributed by atoms with Gasteiger partial charge >= 0.3 is 12.1 Å². The highest BCUT2D eigenvalue weighted by Gasteiger charge is 2.61. The smallest absolute Gasteiger partial charge is 0.420 e. The summed E-state index contributed by atoms with van der Waals surface area (Å²) >= 11 is 0. The van der Waals surface area contributed by atoms with Gasteiger partial charge in [0.25, 0.3) is 5.92 Å². The van der Waals surface area contributed by atoms with Crippen molar-refractivity contribution in [3.8, 4) is 0 Å². The molecule has 0 N–H and O–H groups in total. The van der Waals surface area contributed by atoms with Crippen molar-refractivity contribution in [2.45, 2.75) is 50.0 Å². The molecule has 0 unspecified atom stereocenters. The van der Waals surface area contributed by atoms with E-state index in [4.69, 9.17) is 4.43 Å². The van der Waals surface area contributed by atoms with Gasteiger partial charge in [0.05, 0.1) is 6.42 Å². The van der Waals surface area contributed by atoms with E-state index in [9.17, 15) is 30.7 Å². The van der Waals surface area contributed by atoms with Crippen molar-refractivity contribution >= 4 is 8.32 Å². The molecule has 0 aliphatic heterocycles. The highest BCUT2D eigenvalue weighted by atomic mass is 28.4. The van der Waals surface area contributed by atoms with E-state index in [-0.39, 0.29) is 6.04 Å². The monoisotopic (exact) mass is 300 g/mol. The van der Waals surface area contributed by atoms with Crippen molar-refractivity contribution in [2.75, 3.05) is 7.11 Å². The van der Waals surface area contributed by atoms with Crippen LogP contribution in [0.4, 0.5) is 30.7 Å². The van der Waals surface area contributed by atoms with Crippen LogP contribution < -0.4 is 0 Å². The second-order valence-electron chi connectivity index (χ2n) is 4.70. The van der Waals surface area contributed by atoms with Crippen LogP contribution in [0.25, 0.3) is 0 Å². The fourth-order valence-corrected chi connectivity index (χ4v) is 2.27. The fourth-order valence-electron chi connectivity index (χ4n) is 1.10. The lowest BCUT2D eigenvalue weighted by atomic mass is 10.1. The lowest BCUT2D eigenvalue weighted by Crippen LogP contribution is -2.42. The molecule has 0 spiro atoms. The summed E-state index contributed by atoms with van der Waals surface area (Å²) in [6.45, 7) is 3.15. The highest BCUT2D eigenvalue weighted by molar-refractivity contribution is 6.71. The van der Waals surface area contributed by atoms with Crippen LogP contribution in [0.1, 0.15) is 12.8 Å². The minimum atomic E-state index is -5.95. The number of hydrogen-bond acceptors (Lipinski definition) is 1. The standard InChI is InChI=1S/C9H15F7OSi/c1-17-18(2,3)5-4-7(10,11)6-8(12,13)9(14,15)16/h4-6H2,1-3H3. The number of alkyl halides is 7. The molecular weight excluding hydrogens is 285 g/mol. The Morgan fingerprint density at radius 2 is 1.39 bits per heavy atom. The molecule has 0 aliphatic rings. The Morgan fingerprint density at radius 3 is 1.72 bits per heavy atom. The van der Waals surface area contributed by atoms with E-state index in [1.165, 1.54) is 7.11 Å². The molecule has 0 aliphatic carbocycles. The lowest BCUT2D eigenvalue weighted by molar-refractivity contribution is -0.300. The van der Waals surface area contributed by atoms with E-state index < -0.39 is 39.2 Å². The highest BCUT2D eigenvalue weighted by Crippen LogP contribution is 2.44. The van der Waals surface area contributed by atoms with E-state index in [1.807, 2.05) is 0 Å². The number of rotatable bonds is 6. The second kappa shape index (κ2) is 5.36. The molecule has 0 aromatic heterocycles. The molecule has 0 aromatic rings. The summed E-state index contributed by atoms with van der Waals surface area (Å²) in [6, 6.07) is -0.190. The van der Waals surface area contributed by atoms with Crippen molar-refractivity contribution in [2.24, 2.45) is 0 Å². The number of hydrogen-bond donors (Lipinski definition) is 0. The lowest BCUT2D eigenvalue weighted by Gasteiger charge is -2.27. The largest absolute Gasteiger partial charge is 0.453 e. The third-order valence-electron chi connectivity index (χ3n) is 2.54. The van der Waals surface area contributed by atoms with E-state index in [0.29, 0.717) is 0 Å². The maximum absolute atomic E-state index is 13.1. The molecule has 0 heterocycles. The molecule has 0 fully saturated rings. The Labute approximate surface area is 101 Å². The average Bonchev–Trinajstić information content (AvgIpc) is 2.12. The average molecular weight is 300 g/mol. The Morgan fingerprint density at radius 1 is 0.944 bits per heavy atom. The normalized spacial score (nSPS) is 15.0. The van der Waals surface area contributed by atoms with E-state index in [1.54, 1.807) is 13.1 Å². The first kappa shape index (κ1) is 17.7. The SMILES string of the molecule is CO[Si](C)(C)CCC(F)(F)CC(F)(F)C(F)(F)F. The maximum Gasteiger partial charge on any atom is 0.453 e. The Hall–Kier alpha value is -0.313. The molecule has 18 heavy (non-hydrogen) atoms. The van der Waals surface area contributed by atoms with Gasteiger partial charge in [0.1, 0.15) is 0 Å². The molecule has 9 heteroatoms. The number of halogens is 7. The van der Waals surface area contributed by atoms with Crippen LogP contribution in [0.15, 0.2) is 0 Å². The van der Waals surface area contributed by atoms with Crippen LogP contribution in [0.5, 0.6) is 0 Å². The predicted molar refractivity (Wildman–Crippen MR) is 54.5 cm³/mol. The molecular formula is C9H15F7OSi. The van der Waals surface area contributed by atoms with Gasteiger partial charge < -0.3 is 4.43 Å². The van der Waals surface area contributed by atoms with Crippen molar-refractivity contribution in [3.05, 3.63) is 0 Å².